The van der Waals surface area contributed by atoms with Gasteiger partial charge in [-0.2, -0.15) is 0 Å². The zero-order valence-corrected chi connectivity index (χ0v) is 11.6. The van der Waals surface area contributed by atoms with E-state index in [1.54, 1.807) is 5.69 Å². The summed E-state index contributed by atoms with van der Waals surface area (Å²) in [6, 6.07) is 0.652. The van der Waals surface area contributed by atoms with Gasteiger partial charge >= 0.3 is 0 Å². The molecule has 94 valence electrons. The molecule has 2 heteroatoms. The fourth-order valence-corrected chi connectivity index (χ4v) is 3.70. The van der Waals surface area contributed by atoms with Gasteiger partial charge in [0.25, 0.3) is 0 Å². The molecule has 0 saturated carbocycles. The molecule has 2 aliphatic rings. The van der Waals surface area contributed by atoms with Crippen LogP contribution in [0, 0.1) is 11.3 Å². The maximum Gasteiger partial charge on any atom is 0.109 e. The summed E-state index contributed by atoms with van der Waals surface area (Å²) < 4.78 is 2.57. The summed E-state index contributed by atoms with van der Waals surface area (Å²) in [6.07, 6.45) is 6.19. The van der Waals surface area contributed by atoms with Crippen molar-refractivity contribution < 1.29 is 0 Å². The molecule has 0 fully saturated rings. The minimum absolute atomic E-state index is 0.465. The number of hydrogen-bond acceptors (Lipinski definition) is 1. The van der Waals surface area contributed by atoms with Crippen LogP contribution >= 0.6 is 0 Å². The summed E-state index contributed by atoms with van der Waals surface area (Å²) in [5.74, 6) is 2.16. The monoisotopic (exact) mass is 232 g/mol. The predicted molar refractivity (Wildman–Crippen MR) is 70.2 cm³/mol. The Labute approximate surface area is 104 Å². The Hall–Kier alpha value is -0.790. The number of rotatable bonds is 0. The first-order valence-corrected chi connectivity index (χ1v) is 7.05. The number of aromatic nitrogens is 2. The topological polar surface area (TPSA) is 17.8 Å². The molecule has 1 aromatic heterocycles. The van der Waals surface area contributed by atoms with E-state index in [1.807, 2.05) is 0 Å². The van der Waals surface area contributed by atoms with E-state index in [1.165, 1.54) is 43.6 Å². The van der Waals surface area contributed by atoms with E-state index < -0.39 is 0 Å². The summed E-state index contributed by atoms with van der Waals surface area (Å²) in [6.45, 7) is 9.51. The first kappa shape index (κ1) is 11.3. The van der Waals surface area contributed by atoms with Gasteiger partial charge in [-0.1, -0.05) is 20.8 Å². The Balaban J connectivity index is 2.06. The van der Waals surface area contributed by atoms with Crippen molar-refractivity contribution in [2.24, 2.45) is 11.3 Å². The third-order valence-corrected chi connectivity index (χ3v) is 4.57. The SMILES string of the molecule is CC1Cc2nc3c(n2C(C)C1)CC(C)(C)CC3. The van der Waals surface area contributed by atoms with Gasteiger partial charge in [-0.05, 0) is 43.9 Å². The molecule has 0 spiro atoms. The number of hydrogen-bond donors (Lipinski definition) is 0. The van der Waals surface area contributed by atoms with Gasteiger partial charge < -0.3 is 4.57 Å². The minimum Gasteiger partial charge on any atom is -0.329 e. The summed E-state index contributed by atoms with van der Waals surface area (Å²) in [7, 11) is 0. The van der Waals surface area contributed by atoms with Crippen molar-refractivity contribution in [3.63, 3.8) is 0 Å². The molecule has 2 nitrogen and oxygen atoms in total. The quantitative estimate of drug-likeness (QED) is 0.669. The molecular weight excluding hydrogens is 208 g/mol. The van der Waals surface area contributed by atoms with Crippen LogP contribution in [0.4, 0.5) is 0 Å². The van der Waals surface area contributed by atoms with Gasteiger partial charge in [0.15, 0.2) is 0 Å². The molecule has 1 aromatic rings. The lowest BCUT2D eigenvalue weighted by Gasteiger charge is -2.33. The van der Waals surface area contributed by atoms with Crippen molar-refractivity contribution in [3.8, 4) is 0 Å². The predicted octanol–water partition coefficient (Wildman–Crippen LogP) is 3.54. The fourth-order valence-electron chi connectivity index (χ4n) is 3.70. The van der Waals surface area contributed by atoms with Gasteiger partial charge in [-0.3, -0.25) is 0 Å². The third kappa shape index (κ3) is 1.82. The van der Waals surface area contributed by atoms with E-state index >= 15 is 0 Å². The second-order valence-electron chi connectivity index (χ2n) is 7.03. The molecule has 2 atom stereocenters. The second kappa shape index (κ2) is 3.60. The maximum atomic E-state index is 4.92. The highest BCUT2D eigenvalue weighted by Crippen LogP contribution is 2.39. The van der Waals surface area contributed by atoms with Gasteiger partial charge in [0.2, 0.25) is 0 Å². The van der Waals surface area contributed by atoms with Crippen LogP contribution in [-0.4, -0.2) is 9.55 Å². The molecule has 1 aliphatic carbocycles. The molecule has 0 bridgehead atoms. The minimum atomic E-state index is 0.465. The van der Waals surface area contributed by atoms with Crippen molar-refractivity contribution in [1.82, 2.24) is 9.55 Å². The Morgan fingerprint density at radius 2 is 2.06 bits per heavy atom. The van der Waals surface area contributed by atoms with E-state index in [2.05, 4.69) is 32.3 Å². The van der Waals surface area contributed by atoms with Crippen LogP contribution < -0.4 is 0 Å². The summed E-state index contributed by atoms with van der Waals surface area (Å²) >= 11 is 0. The van der Waals surface area contributed by atoms with Crippen LogP contribution in [0.1, 0.15) is 63.8 Å². The summed E-state index contributed by atoms with van der Waals surface area (Å²) in [5.41, 5.74) is 3.42. The number of nitrogens with zero attached hydrogens (tertiary/aromatic N) is 2. The molecule has 2 unspecified atom stereocenters. The maximum absolute atomic E-state index is 4.92. The van der Waals surface area contributed by atoms with Gasteiger partial charge in [0, 0.05) is 18.2 Å². The van der Waals surface area contributed by atoms with Gasteiger partial charge in [0.1, 0.15) is 5.82 Å². The summed E-state index contributed by atoms with van der Waals surface area (Å²) in [4.78, 5) is 4.92. The Kier molecular flexibility index (Phi) is 2.39. The first-order valence-electron chi connectivity index (χ1n) is 7.05. The van der Waals surface area contributed by atoms with E-state index in [9.17, 15) is 0 Å². The lowest BCUT2D eigenvalue weighted by atomic mass is 9.78. The second-order valence-corrected chi connectivity index (χ2v) is 7.03. The molecule has 0 saturated heterocycles. The van der Waals surface area contributed by atoms with Crippen molar-refractivity contribution in [2.45, 2.75) is 65.8 Å². The van der Waals surface area contributed by atoms with Crippen LogP contribution in [-0.2, 0) is 19.3 Å². The fraction of sp³-hybridized carbons (Fsp3) is 0.800. The largest absolute Gasteiger partial charge is 0.329 e. The van der Waals surface area contributed by atoms with Gasteiger partial charge in [-0.15, -0.1) is 0 Å². The van der Waals surface area contributed by atoms with Crippen LogP contribution in [0.2, 0.25) is 0 Å². The zero-order chi connectivity index (χ0) is 12.2. The molecule has 0 radical (unpaired) electrons. The smallest absolute Gasteiger partial charge is 0.109 e. The number of imidazole rings is 1. The molecule has 1 aliphatic heterocycles. The molecule has 3 rings (SSSR count). The van der Waals surface area contributed by atoms with E-state index in [0.717, 1.165) is 5.92 Å². The van der Waals surface area contributed by atoms with Crippen LogP contribution in [0.3, 0.4) is 0 Å². The molecule has 2 heterocycles. The van der Waals surface area contributed by atoms with Crippen molar-refractivity contribution in [1.29, 1.82) is 0 Å². The molecule has 0 N–H and O–H groups in total. The molecule has 17 heavy (non-hydrogen) atoms. The molecule has 0 amide bonds. The molecular formula is C15H24N2. The average molecular weight is 232 g/mol. The Morgan fingerprint density at radius 1 is 1.29 bits per heavy atom. The molecule has 0 aromatic carbocycles. The van der Waals surface area contributed by atoms with Gasteiger partial charge in [-0.25, -0.2) is 4.98 Å². The van der Waals surface area contributed by atoms with Crippen LogP contribution in [0.15, 0.2) is 0 Å². The normalized spacial score (nSPS) is 30.8. The lowest BCUT2D eigenvalue weighted by molar-refractivity contribution is 0.286. The zero-order valence-electron chi connectivity index (χ0n) is 11.6. The summed E-state index contributed by atoms with van der Waals surface area (Å²) in [5, 5.41) is 0. The lowest BCUT2D eigenvalue weighted by Crippen LogP contribution is -2.27. The van der Waals surface area contributed by atoms with E-state index in [4.69, 9.17) is 4.98 Å². The van der Waals surface area contributed by atoms with Crippen molar-refractivity contribution in [3.05, 3.63) is 17.2 Å². The van der Waals surface area contributed by atoms with Crippen LogP contribution in [0.25, 0.3) is 0 Å². The highest BCUT2D eigenvalue weighted by molar-refractivity contribution is 5.24. The van der Waals surface area contributed by atoms with E-state index in [-0.39, 0.29) is 0 Å². The van der Waals surface area contributed by atoms with Crippen molar-refractivity contribution in [2.75, 3.05) is 0 Å². The Morgan fingerprint density at radius 3 is 2.82 bits per heavy atom. The highest BCUT2D eigenvalue weighted by Gasteiger charge is 2.33. The first-order chi connectivity index (χ1) is 7.96. The standard InChI is InChI=1S/C15H24N2/c1-10-7-11(2)17-13-9-15(3,4)6-5-12(13)16-14(17)8-10/h10-11H,5-9H2,1-4H3. The van der Waals surface area contributed by atoms with Crippen LogP contribution in [0.5, 0.6) is 0 Å². The number of aryl methyl sites for hydroxylation is 1. The Bertz CT molecular complexity index is 442. The third-order valence-electron chi connectivity index (χ3n) is 4.57. The number of fused-ring (bicyclic) bond motifs is 3. The average Bonchev–Trinajstić information content (AvgIpc) is 2.53. The highest BCUT2D eigenvalue weighted by atomic mass is 15.1. The van der Waals surface area contributed by atoms with Crippen molar-refractivity contribution >= 4 is 0 Å². The van der Waals surface area contributed by atoms with Gasteiger partial charge in [0.05, 0.1) is 5.69 Å². The van der Waals surface area contributed by atoms with E-state index in [0.29, 0.717) is 11.5 Å².